The van der Waals surface area contributed by atoms with Gasteiger partial charge in [0.15, 0.2) is 0 Å². The van der Waals surface area contributed by atoms with Crippen LogP contribution in [-0.2, 0) is 10.2 Å². The molecule has 19 heavy (non-hydrogen) atoms. The lowest BCUT2D eigenvalue weighted by molar-refractivity contribution is -0.146. The van der Waals surface area contributed by atoms with Gasteiger partial charge in [-0.1, -0.05) is 25.1 Å². The Kier molecular flexibility index (Phi) is 5.95. The van der Waals surface area contributed by atoms with Crippen molar-refractivity contribution < 1.29 is 9.90 Å². The van der Waals surface area contributed by atoms with E-state index >= 15 is 0 Å². The zero-order valence-corrected chi connectivity index (χ0v) is 12.4. The minimum Gasteiger partial charge on any atom is -0.481 e. The Bertz CT molecular complexity index is 439. The summed E-state index contributed by atoms with van der Waals surface area (Å²) in [5.41, 5.74) is 6.00. The van der Waals surface area contributed by atoms with Gasteiger partial charge in [0.1, 0.15) is 0 Å². The molecule has 0 amide bonds. The van der Waals surface area contributed by atoms with E-state index < -0.39 is 11.4 Å². The summed E-state index contributed by atoms with van der Waals surface area (Å²) in [5.74, 6) is -0.381. The summed E-state index contributed by atoms with van der Waals surface area (Å²) in [4.78, 5) is 11.9. The lowest BCUT2D eigenvalue weighted by Crippen LogP contribution is -2.43. The van der Waals surface area contributed by atoms with Gasteiger partial charge in [-0.25, -0.2) is 0 Å². The second-order valence-corrected chi connectivity index (χ2v) is 5.44. The van der Waals surface area contributed by atoms with E-state index in [1.165, 1.54) is 0 Å². The fourth-order valence-electron chi connectivity index (χ4n) is 2.54. The topological polar surface area (TPSA) is 63.3 Å². The monoisotopic (exact) mass is 303 g/mol. The number of carboxylic acids is 1. The number of carbonyl (C=O) groups is 1. The Morgan fingerprint density at radius 3 is 2.47 bits per heavy atom. The van der Waals surface area contributed by atoms with Crippen molar-refractivity contribution in [2.24, 2.45) is 5.92 Å². The second kappa shape index (κ2) is 7.01. The van der Waals surface area contributed by atoms with E-state index in [0.717, 1.165) is 0 Å². The molecule has 3 N–H and O–H groups in total. The third kappa shape index (κ3) is 3.15. The number of anilines is 1. The molecule has 0 radical (unpaired) electrons. The average Bonchev–Trinajstić information content (AvgIpc) is 2.36. The molecule has 0 aliphatic carbocycles. The molecule has 0 aromatic heterocycles. The van der Waals surface area contributed by atoms with Crippen molar-refractivity contribution >= 4 is 34.9 Å². The van der Waals surface area contributed by atoms with Crippen LogP contribution >= 0.6 is 23.2 Å². The number of alkyl halides is 2. The van der Waals surface area contributed by atoms with Gasteiger partial charge in [-0.3, -0.25) is 4.79 Å². The number of carboxylic acid groups (broad SMARTS) is 1. The highest BCUT2D eigenvalue weighted by Gasteiger charge is 2.45. The molecule has 106 valence electrons. The van der Waals surface area contributed by atoms with Crippen molar-refractivity contribution in [1.29, 1.82) is 0 Å². The molecule has 3 nitrogen and oxygen atoms in total. The number of aliphatic carboxylic acids is 1. The van der Waals surface area contributed by atoms with Gasteiger partial charge in [-0.2, -0.15) is 0 Å². The van der Waals surface area contributed by atoms with Crippen molar-refractivity contribution in [3.63, 3.8) is 0 Å². The van der Waals surface area contributed by atoms with Crippen LogP contribution in [-0.4, -0.2) is 22.8 Å². The first-order valence-corrected chi connectivity index (χ1v) is 7.28. The molecule has 0 bridgehead atoms. The summed E-state index contributed by atoms with van der Waals surface area (Å²) in [6.07, 6.45) is 0.926. The predicted molar refractivity (Wildman–Crippen MR) is 80.0 cm³/mol. The van der Waals surface area contributed by atoms with Crippen molar-refractivity contribution in [3.8, 4) is 0 Å². The van der Waals surface area contributed by atoms with Gasteiger partial charge < -0.3 is 10.8 Å². The molecule has 0 aliphatic rings. The normalized spacial score (nSPS) is 15.7. The molecule has 0 aliphatic heterocycles. The molecule has 0 saturated carbocycles. The summed E-state index contributed by atoms with van der Waals surface area (Å²) >= 11 is 11.6. The largest absolute Gasteiger partial charge is 0.481 e. The number of para-hydroxylation sites is 1. The molecule has 2 atom stereocenters. The van der Waals surface area contributed by atoms with Crippen LogP contribution in [0.1, 0.15) is 25.3 Å². The van der Waals surface area contributed by atoms with Crippen LogP contribution in [0.5, 0.6) is 0 Å². The summed E-state index contributed by atoms with van der Waals surface area (Å²) < 4.78 is 0. The van der Waals surface area contributed by atoms with Crippen molar-refractivity contribution in [2.75, 3.05) is 17.5 Å². The summed E-state index contributed by atoms with van der Waals surface area (Å²) in [7, 11) is 0. The highest BCUT2D eigenvalue weighted by atomic mass is 35.5. The molecule has 1 aromatic rings. The molecule has 2 unspecified atom stereocenters. The van der Waals surface area contributed by atoms with Crippen LogP contribution in [0.15, 0.2) is 24.3 Å². The Hall–Kier alpha value is -0.930. The Labute approximate surface area is 123 Å². The van der Waals surface area contributed by atoms with E-state index in [4.69, 9.17) is 28.9 Å². The van der Waals surface area contributed by atoms with Crippen LogP contribution < -0.4 is 5.73 Å². The quantitative estimate of drug-likeness (QED) is 0.599. The maximum absolute atomic E-state index is 11.9. The van der Waals surface area contributed by atoms with E-state index in [1.54, 1.807) is 24.3 Å². The smallest absolute Gasteiger partial charge is 0.314 e. The number of nitrogens with two attached hydrogens (primary N) is 1. The van der Waals surface area contributed by atoms with Crippen LogP contribution in [0.2, 0.25) is 0 Å². The van der Waals surface area contributed by atoms with Gasteiger partial charge in [0.05, 0.1) is 5.41 Å². The number of benzene rings is 1. The summed E-state index contributed by atoms with van der Waals surface area (Å²) in [5, 5.41) is 9.77. The Morgan fingerprint density at radius 2 is 2.00 bits per heavy atom. The highest BCUT2D eigenvalue weighted by Crippen LogP contribution is 2.41. The van der Waals surface area contributed by atoms with Crippen molar-refractivity contribution in [2.45, 2.75) is 25.2 Å². The van der Waals surface area contributed by atoms with Gasteiger partial charge in [-0.15, -0.1) is 23.2 Å². The van der Waals surface area contributed by atoms with Gasteiger partial charge >= 0.3 is 5.97 Å². The first-order chi connectivity index (χ1) is 9.00. The summed E-state index contributed by atoms with van der Waals surface area (Å²) in [6.45, 7) is 1.88. The zero-order chi connectivity index (χ0) is 14.5. The average molecular weight is 304 g/mol. The Morgan fingerprint density at radius 1 is 1.37 bits per heavy atom. The van der Waals surface area contributed by atoms with Gasteiger partial charge in [0.2, 0.25) is 0 Å². The molecule has 0 saturated heterocycles. The standard InChI is InChI=1S/C14H19Cl2NO2/c1-10(6-8-15)14(7-9-16,13(18)19)11-4-2-3-5-12(11)17/h2-5,10H,6-9,17H2,1H3,(H,18,19). The molecule has 1 aromatic carbocycles. The van der Waals surface area contributed by atoms with Crippen molar-refractivity contribution in [3.05, 3.63) is 29.8 Å². The lowest BCUT2D eigenvalue weighted by atomic mass is 9.67. The van der Waals surface area contributed by atoms with Crippen LogP contribution in [0.25, 0.3) is 0 Å². The van der Waals surface area contributed by atoms with E-state index in [9.17, 15) is 9.90 Å². The minimum atomic E-state index is -1.08. The van der Waals surface area contributed by atoms with E-state index in [-0.39, 0.29) is 11.8 Å². The Balaban J connectivity index is 3.39. The third-order valence-corrected chi connectivity index (χ3v) is 4.10. The van der Waals surface area contributed by atoms with Crippen LogP contribution in [0.3, 0.4) is 0 Å². The molecule has 0 heterocycles. The fraction of sp³-hybridized carbons (Fsp3) is 0.500. The maximum Gasteiger partial charge on any atom is 0.314 e. The number of halogens is 2. The highest BCUT2D eigenvalue weighted by molar-refractivity contribution is 6.18. The minimum absolute atomic E-state index is 0.147. The second-order valence-electron chi connectivity index (χ2n) is 4.68. The third-order valence-electron chi connectivity index (χ3n) is 3.70. The van der Waals surface area contributed by atoms with Gasteiger partial charge in [0, 0.05) is 17.4 Å². The molecule has 5 heteroatoms. The van der Waals surface area contributed by atoms with E-state index in [1.807, 2.05) is 6.92 Å². The number of hydrogen-bond acceptors (Lipinski definition) is 2. The fourth-order valence-corrected chi connectivity index (χ4v) is 3.17. The molecular formula is C14H19Cl2NO2. The molecular weight excluding hydrogens is 285 g/mol. The van der Waals surface area contributed by atoms with Crippen LogP contribution in [0, 0.1) is 5.92 Å². The molecule has 0 spiro atoms. The van der Waals surface area contributed by atoms with Crippen molar-refractivity contribution in [1.82, 2.24) is 0 Å². The zero-order valence-electron chi connectivity index (χ0n) is 10.9. The maximum atomic E-state index is 11.9. The molecule has 0 fully saturated rings. The predicted octanol–water partition coefficient (Wildman–Crippen LogP) is 3.49. The molecule has 1 rings (SSSR count). The summed E-state index contributed by atoms with van der Waals surface area (Å²) in [6, 6.07) is 7.07. The lowest BCUT2D eigenvalue weighted by Gasteiger charge is -2.36. The first-order valence-electron chi connectivity index (χ1n) is 6.21. The van der Waals surface area contributed by atoms with Crippen LogP contribution in [0.4, 0.5) is 5.69 Å². The van der Waals surface area contributed by atoms with E-state index in [2.05, 4.69) is 0 Å². The number of nitrogen functional groups attached to an aromatic ring is 1. The number of rotatable bonds is 7. The number of hydrogen-bond donors (Lipinski definition) is 2. The van der Waals surface area contributed by atoms with E-state index in [0.29, 0.717) is 30.0 Å². The first kappa shape index (κ1) is 16.1. The van der Waals surface area contributed by atoms with Gasteiger partial charge in [0.25, 0.3) is 0 Å². The SMILES string of the molecule is CC(CCCl)C(CCCl)(C(=O)O)c1ccccc1N. The van der Waals surface area contributed by atoms with Gasteiger partial charge in [-0.05, 0) is 30.4 Å².